The summed E-state index contributed by atoms with van der Waals surface area (Å²) < 4.78 is 51.9. The van der Waals surface area contributed by atoms with E-state index in [2.05, 4.69) is 5.09 Å². The van der Waals surface area contributed by atoms with Crippen molar-refractivity contribution >= 4 is 13.7 Å². The first-order chi connectivity index (χ1) is 19.4. The number of aromatic amines is 1. The normalized spacial score (nSPS) is 28.8. The molecule has 4 N–H and O–H groups in total. The second kappa shape index (κ2) is 12.3. The Hall–Kier alpha value is -3.31. The Kier molecular flexibility index (Phi) is 9.18. The smallest absolute Gasteiger partial charge is 0.459 e. The monoisotopic (exact) mass is 595 g/mol. The van der Waals surface area contributed by atoms with Crippen LogP contribution in [0, 0.1) is 12.3 Å². The molecule has 2 aromatic rings. The summed E-state index contributed by atoms with van der Waals surface area (Å²) in [6.45, 7) is 0.0195. The van der Waals surface area contributed by atoms with E-state index in [0.29, 0.717) is 17.4 Å². The number of hydrogen-bond donors (Lipinski definition) is 4. The van der Waals surface area contributed by atoms with Crippen LogP contribution in [0.1, 0.15) is 45.3 Å². The number of nitrogens with one attached hydrogen (secondary N) is 2. The maximum Gasteiger partial charge on any atom is 0.459 e. The molecule has 2 aliphatic rings. The van der Waals surface area contributed by atoms with Crippen LogP contribution < -0.4 is 20.9 Å². The molecule has 4 rings (SSSR count). The largest absolute Gasteiger partial charge is 0.461 e. The number of alkyl halides is 1. The van der Waals surface area contributed by atoms with E-state index in [1.54, 1.807) is 18.2 Å². The van der Waals surface area contributed by atoms with Crippen molar-refractivity contribution in [3.63, 3.8) is 0 Å². The quantitative estimate of drug-likeness (QED) is 0.178. The topological polar surface area (TPSA) is 178 Å². The van der Waals surface area contributed by atoms with E-state index in [1.165, 1.54) is 19.1 Å². The Labute approximate surface area is 234 Å². The fraction of sp³-hybridized carbons (Fsp3) is 0.500. The third-order valence-electron chi connectivity index (χ3n) is 6.78. The van der Waals surface area contributed by atoms with Gasteiger partial charge in [0.25, 0.3) is 11.4 Å². The fourth-order valence-corrected chi connectivity index (χ4v) is 6.07. The van der Waals surface area contributed by atoms with E-state index in [-0.39, 0.29) is 11.9 Å². The number of para-hydroxylation sites is 1. The average Bonchev–Trinajstić information content (AvgIpc) is 3.15. The van der Waals surface area contributed by atoms with Crippen LogP contribution >= 0.6 is 7.75 Å². The highest BCUT2D eigenvalue weighted by Crippen LogP contribution is 2.50. The fourth-order valence-electron chi connectivity index (χ4n) is 4.57. The van der Waals surface area contributed by atoms with Crippen molar-refractivity contribution in [1.29, 1.82) is 0 Å². The molecular weight excluding hydrogens is 564 g/mol. The first-order valence-corrected chi connectivity index (χ1v) is 14.5. The van der Waals surface area contributed by atoms with Crippen molar-refractivity contribution in [1.82, 2.24) is 14.6 Å². The van der Waals surface area contributed by atoms with Crippen LogP contribution in [0.4, 0.5) is 4.39 Å². The molecule has 0 bridgehead atoms. The number of aromatic nitrogens is 2. The van der Waals surface area contributed by atoms with Gasteiger partial charge in [0.05, 0.1) is 0 Å². The molecule has 0 spiro atoms. The van der Waals surface area contributed by atoms with E-state index in [9.17, 15) is 29.2 Å². The van der Waals surface area contributed by atoms with Crippen LogP contribution in [-0.4, -0.2) is 62.0 Å². The highest BCUT2D eigenvalue weighted by Gasteiger charge is 2.65. The minimum absolute atomic E-state index is 0.0368. The van der Waals surface area contributed by atoms with Gasteiger partial charge in [-0.3, -0.25) is 23.7 Å². The summed E-state index contributed by atoms with van der Waals surface area (Å²) in [6, 6.07) is 7.33. The molecule has 6 atom stereocenters. The van der Waals surface area contributed by atoms with Crippen molar-refractivity contribution < 1.29 is 42.5 Å². The molecular formula is C26H31FN3O10P. The van der Waals surface area contributed by atoms with Crippen LogP contribution in [-0.2, 0) is 23.4 Å². The molecule has 1 aliphatic carbocycles. The third kappa shape index (κ3) is 6.78. The lowest BCUT2D eigenvalue weighted by Crippen LogP contribution is -2.51. The molecule has 1 aromatic heterocycles. The van der Waals surface area contributed by atoms with Crippen molar-refractivity contribution in [2.75, 3.05) is 6.61 Å². The summed E-state index contributed by atoms with van der Waals surface area (Å²) >= 11 is 0. The summed E-state index contributed by atoms with van der Waals surface area (Å²) in [5.74, 6) is -2.22. The SMILES string of the molecule is C#C[C@]1(O)[C@H](n2ccc(=O)[nH]c2=O)O[C@](F)(COP(=O)(NC(C)C(=O)OC2CCCCC2)Oc2ccccc2)[C@H]1O. The first kappa shape index (κ1) is 30.6. The second-order valence-corrected chi connectivity index (χ2v) is 11.6. The zero-order valence-corrected chi connectivity index (χ0v) is 23.0. The number of H-pyrrole nitrogens is 1. The maximum absolute atomic E-state index is 16.1. The van der Waals surface area contributed by atoms with E-state index < -0.39 is 61.4 Å². The van der Waals surface area contributed by atoms with Gasteiger partial charge in [-0.1, -0.05) is 30.5 Å². The molecule has 1 aromatic carbocycles. The van der Waals surface area contributed by atoms with E-state index in [1.807, 2.05) is 10.9 Å². The Morgan fingerprint density at radius 3 is 2.61 bits per heavy atom. The number of carbonyl (C=O) groups excluding carboxylic acids is 1. The lowest BCUT2D eigenvalue weighted by atomic mass is 9.94. The average molecular weight is 596 g/mol. The molecule has 2 heterocycles. The minimum Gasteiger partial charge on any atom is -0.461 e. The summed E-state index contributed by atoms with van der Waals surface area (Å²) in [5.41, 5.74) is -4.72. The molecule has 1 saturated carbocycles. The van der Waals surface area contributed by atoms with Crippen LogP contribution in [0.5, 0.6) is 5.75 Å². The van der Waals surface area contributed by atoms with Crippen molar-refractivity contribution in [2.24, 2.45) is 0 Å². The second-order valence-electron chi connectivity index (χ2n) is 9.87. The number of rotatable bonds is 10. The number of carbonyl (C=O) groups is 1. The third-order valence-corrected chi connectivity index (χ3v) is 8.41. The zero-order valence-electron chi connectivity index (χ0n) is 22.1. The Morgan fingerprint density at radius 1 is 1.29 bits per heavy atom. The van der Waals surface area contributed by atoms with Gasteiger partial charge < -0.3 is 24.2 Å². The molecule has 41 heavy (non-hydrogen) atoms. The van der Waals surface area contributed by atoms with E-state index in [0.717, 1.165) is 31.5 Å². The molecule has 1 aliphatic heterocycles. The molecule has 222 valence electrons. The van der Waals surface area contributed by atoms with Crippen molar-refractivity contribution in [3.05, 3.63) is 63.4 Å². The van der Waals surface area contributed by atoms with Gasteiger partial charge >= 0.3 is 19.4 Å². The lowest BCUT2D eigenvalue weighted by Gasteiger charge is -2.29. The van der Waals surface area contributed by atoms with Crippen LogP contribution in [0.2, 0.25) is 0 Å². The molecule has 15 heteroatoms. The summed E-state index contributed by atoms with van der Waals surface area (Å²) in [7, 11) is -4.62. The van der Waals surface area contributed by atoms with Crippen molar-refractivity contribution in [2.45, 2.75) is 75.0 Å². The maximum atomic E-state index is 16.1. The van der Waals surface area contributed by atoms with Gasteiger partial charge in [-0.2, -0.15) is 5.09 Å². The predicted octanol–water partition coefficient (Wildman–Crippen LogP) is 1.51. The van der Waals surface area contributed by atoms with Crippen LogP contribution in [0.25, 0.3) is 0 Å². The standard InChI is InChI=1S/C26H31FN3O10P/c1-3-25(35)22(33)26(27,39-23(25)30-15-14-20(31)28-24(30)34)16-37-41(36,40-19-12-8-5-9-13-19)29-17(2)21(32)38-18-10-6-4-7-11-18/h1,5,8-9,12-15,17-18,22-23,33,35H,4,6-7,10-11,16H2,2H3,(H,29,36)(H,28,31,34)/t17?,22-,23+,25+,26+,41?/m0/s1. The zero-order chi connectivity index (χ0) is 29.8. The van der Waals surface area contributed by atoms with Gasteiger partial charge in [0, 0.05) is 12.3 Å². The van der Waals surface area contributed by atoms with E-state index >= 15 is 4.39 Å². The molecule has 2 unspecified atom stereocenters. The van der Waals surface area contributed by atoms with Gasteiger partial charge in [-0.05, 0) is 44.7 Å². The molecule has 1 saturated heterocycles. The number of ether oxygens (including phenoxy) is 2. The van der Waals surface area contributed by atoms with Crippen molar-refractivity contribution in [3.8, 4) is 18.1 Å². The molecule has 0 amide bonds. The minimum atomic E-state index is -4.62. The van der Waals surface area contributed by atoms with Gasteiger partial charge in [-0.15, -0.1) is 6.42 Å². The summed E-state index contributed by atoms with van der Waals surface area (Å²) in [5, 5.41) is 24.0. The Balaban J connectivity index is 1.55. The summed E-state index contributed by atoms with van der Waals surface area (Å²) in [6.07, 6.45) is 5.68. The number of esters is 1. The first-order valence-electron chi connectivity index (χ1n) is 12.9. The van der Waals surface area contributed by atoms with Crippen LogP contribution in [0.3, 0.4) is 0 Å². The van der Waals surface area contributed by atoms with Crippen LogP contribution in [0.15, 0.2) is 52.2 Å². The number of hydrogen-bond acceptors (Lipinski definition) is 10. The van der Waals surface area contributed by atoms with Gasteiger partial charge in [0.2, 0.25) is 5.60 Å². The highest BCUT2D eigenvalue weighted by molar-refractivity contribution is 7.52. The Bertz CT molecular complexity index is 1440. The van der Waals surface area contributed by atoms with Gasteiger partial charge in [0.15, 0.2) is 12.3 Å². The number of benzene rings is 1. The van der Waals surface area contributed by atoms with Gasteiger partial charge in [0.1, 0.15) is 24.5 Å². The number of aliphatic hydroxyl groups is 2. The molecule has 13 nitrogen and oxygen atoms in total. The highest BCUT2D eigenvalue weighted by atomic mass is 31.2. The lowest BCUT2D eigenvalue weighted by molar-refractivity contribution is -0.204. The number of terminal acetylenes is 1. The predicted molar refractivity (Wildman–Crippen MR) is 141 cm³/mol. The number of nitrogens with zero attached hydrogens (tertiary/aromatic N) is 1. The molecule has 2 fully saturated rings. The number of halogens is 1. The molecule has 0 radical (unpaired) electrons. The van der Waals surface area contributed by atoms with Gasteiger partial charge in [-0.25, -0.2) is 13.8 Å². The number of aliphatic hydroxyl groups excluding tert-OH is 1. The Morgan fingerprint density at radius 2 is 1.98 bits per heavy atom. The van der Waals surface area contributed by atoms with E-state index in [4.69, 9.17) is 24.9 Å². The summed E-state index contributed by atoms with van der Waals surface area (Å²) in [4.78, 5) is 38.4.